The van der Waals surface area contributed by atoms with Crippen molar-refractivity contribution >= 4 is 17.7 Å². The highest BCUT2D eigenvalue weighted by atomic mass is 16.5. The van der Waals surface area contributed by atoms with E-state index in [0.717, 1.165) is 19.6 Å². The van der Waals surface area contributed by atoms with Gasteiger partial charge in [0.15, 0.2) is 5.75 Å². The van der Waals surface area contributed by atoms with Crippen LogP contribution in [0.1, 0.15) is 42.6 Å². The molecule has 0 radical (unpaired) electrons. The van der Waals surface area contributed by atoms with Crippen LogP contribution in [0.2, 0.25) is 0 Å². The highest BCUT2D eigenvalue weighted by Crippen LogP contribution is 2.25. The lowest BCUT2D eigenvalue weighted by Gasteiger charge is -2.31. The standard InChI is InChI=1S/C24H29N3O3/c1-17(2)15-18-11-13-27(14-12-18)16-19-7-9-20(10-8-19)23(28)26-21-5-3-4-6-22(21)30-24(25)29/h3-10,15,18H,11-14,16H2,1-2H3,(H2,25,29)(H,26,28). The molecule has 2 aromatic carbocycles. The average molecular weight is 408 g/mol. The van der Waals surface area contributed by atoms with Crippen LogP contribution in [-0.2, 0) is 6.54 Å². The normalized spacial score (nSPS) is 14.7. The van der Waals surface area contributed by atoms with E-state index in [1.807, 2.05) is 24.3 Å². The van der Waals surface area contributed by atoms with Crippen LogP contribution in [0.15, 0.2) is 60.2 Å². The summed E-state index contributed by atoms with van der Waals surface area (Å²) in [6, 6.07) is 14.3. The van der Waals surface area contributed by atoms with Gasteiger partial charge in [0, 0.05) is 12.1 Å². The Balaban J connectivity index is 1.56. The van der Waals surface area contributed by atoms with Gasteiger partial charge in [-0.1, -0.05) is 35.9 Å². The summed E-state index contributed by atoms with van der Waals surface area (Å²) in [4.78, 5) is 26.1. The summed E-state index contributed by atoms with van der Waals surface area (Å²) in [5.74, 6) is 0.634. The summed E-state index contributed by atoms with van der Waals surface area (Å²) >= 11 is 0. The fourth-order valence-electron chi connectivity index (χ4n) is 3.73. The molecule has 0 aliphatic carbocycles. The van der Waals surface area contributed by atoms with Crippen LogP contribution in [-0.4, -0.2) is 30.0 Å². The summed E-state index contributed by atoms with van der Waals surface area (Å²) in [7, 11) is 0. The van der Waals surface area contributed by atoms with Gasteiger partial charge in [0.05, 0.1) is 5.69 Å². The summed E-state index contributed by atoms with van der Waals surface area (Å²) in [5, 5.41) is 2.77. The van der Waals surface area contributed by atoms with Gasteiger partial charge in [0.25, 0.3) is 5.91 Å². The Morgan fingerprint density at radius 1 is 1.10 bits per heavy atom. The number of rotatable bonds is 6. The average Bonchev–Trinajstić information content (AvgIpc) is 2.71. The molecule has 30 heavy (non-hydrogen) atoms. The Morgan fingerprint density at radius 3 is 2.40 bits per heavy atom. The SMILES string of the molecule is CC(C)=CC1CCN(Cc2ccc(C(=O)Nc3ccccc3OC(N)=O)cc2)CC1. The van der Waals surface area contributed by atoms with E-state index < -0.39 is 6.09 Å². The van der Waals surface area contributed by atoms with Crippen LogP contribution in [0.3, 0.4) is 0 Å². The van der Waals surface area contributed by atoms with Gasteiger partial charge in [-0.25, -0.2) is 4.79 Å². The van der Waals surface area contributed by atoms with E-state index in [4.69, 9.17) is 10.5 Å². The van der Waals surface area contributed by atoms with Gasteiger partial charge in [0.1, 0.15) is 0 Å². The number of nitrogens with zero attached hydrogens (tertiary/aromatic N) is 1. The molecular formula is C24H29N3O3. The molecule has 1 fully saturated rings. The van der Waals surface area contributed by atoms with Crippen LogP contribution in [0.4, 0.5) is 10.5 Å². The van der Waals surface area contributed by atoms with Crippen molar-refractivity contribution in [3.8, 4) is 5.75 Å². The molecule has 2 aromatic rings. The molecule has 3 rings (SSSR count). The van der Waals surface area contributed by atoms with E-state index in [-0.39, 0.29) is 11.7 Å². The van der Waals surface area contributed by atoms with Crippen molar-refractivity contribution in [2.24, 2.45) is 11.7 Å². The number of anilines is 1. The minimum Gasteiger partial charge on any atom is -0.408 e. The molecule has 0 atom stereocenters. The van der Waals surface area contributed by atoms with Crippen LogP contribution >= 0.6 is 0 Å². The Kier molecular flexibility index (Phi) is 7.25. The second kappa shape index (κ2) is 10.1. The van der Waals surface area contributed by atoms with Crippen molar-refractivity contribution in [2.45, 2.75) is 33.2 Å². The second-order valence-electron chi connectivity index (χ2n) is 7.93. The number of nitrogens with two attached hydrogens (primary N) is 1. The van der Waals surface area contributed by atoms with Gasteiger partial charge >= 0.3 is 6.09 Å². The summed E-state index contributed by atoms with van der Waals surface area (Å²) < 4.78 is 4.93. The highest BCUT2D eigenvalue weighted by Gasteiger charge is 2.18. The van der Waals surface area contributed by atoms with Gasteiger partial charge < -0.3 is 15.8 Å². The number of primary amides is 1. The molecule has 0 aromatic heterocycles. The maximum Gasteiger partial charge on any atom is 0.410 e. The zero-order valence-electron chi connectivity index (χ0n) is 17.6. The molecule has 1 saturated heterocycles. The molecule has 1 aliphatic heterocycles. The minimum atomic E-state index is -0.925. The predicted octanol–water partition coefficient (Wildman–Crippen LogP) is 4.57. The Labute approximate surface area is 177 Å². The first-order valence-corrected chi connectivity index (χ1v) is 10.2. The molecular weight excluding hydrogens is 378 g/mol. The largest absolute Gasteiger partial charge is 0.410 e. The van der Waals surface area contributed by atoms with E-state index >= 15 is 0 Å². The first-order chi connectivity index (χ1) is 14.4. The van der Waals surface area contributed by atoms with Crippen LogP contribution in [0.25, 0.3) is 0 Å². The number of hydrogen-bond donors (Lipinski definition) is 2. The lowest BCUT2D eigenvalue weighted by molar-refractivity contribution is 0.102. The molecule has 0 saturated carbocycles. The van der Waals surface area contributed by atoms with E-state index in [0.29, 0.717) is 17.2 Å². The Morgan fingerprint density at radius 2 is 1.77 bits per heavy atom. The van der Waals surface area contributed by atoms with Crippen molar-refractivity contribution < 1.29 is 14.3 Å². The summed E-state index contributed by atoms with van der Waals surface area (Å²) in [5.41, 5.74) is 8.59. The van der Waals surface area contributed by atoms with Crippen LogP contribution in [0, 0.1) is 5.92 Å². The first-order valence-electron chi connectivity index (χ1n) is 10.2. The number of carbonyl (C=O) groups excluding carboxylic acids is 2. The molecule has 0 unspecified atom stereocenters. The minimum absolute atomic E-state index is 0.214. The number of hydrogen-bond acceptors (Lipinski definition) is 4. The van der Waals surface area contributed by atoms with Gasteiger partial charge in [0.2, 0.25) is 0 Å². The number of piperidine rings is 1. The van der Waals surface area contributed by atoms with Crippen LogP contribution < -0.4 is 15.8 Å². The van der Waals surface area contributed by atoms with Gasteiger partial charge in [-0.2, -0.15) is 0 Å². The van der Waals surface area contributed by atoms with Crippen molar-refractivity contribution in [1.82, 2.24) is 4.90 Å². The topological polar surface area (TPSA) is 84.7 Å². The predicted molar refractivity (Wildman–Crippen MR) is 118 cm³/mol. The second-order valence-corrected chi connectivity index (χ2v) is 7.93. The number of ether oxygens (including phenoxy) is 1. The lowest BCUT2D eigenvalue weighted by Crippen LogP contribution is -2.32. The van der Waals surface area contributed by atoms with Crippen LogP contribution in [0.5, 0.6) is 5.75 Å². The molecule has 6 nitrogen and oxygen atoms in total. The van der Waals surface area contributed by atoms with E-state index in [1.54, 1.807) is 24.3 Å². The Bertz CT molecular complexity index is 910. The molecule has 1 aliphatic rings. The summed E-state index contributed by atoms with van der Waals surface area (Å²) in [6.45, 7) is 7.39. The third kappa shape index (κ3) is 6.19. The maximum absolute atomic E-state index is 12.6. The molecule has 2 amide bonds. The number of benzene rings is 2. The zero-order valence-corrected chi connectivity index (χ0v) is 17.6. The van der Waals surface area contributed by atoms with Gasteiger partial charge in [-0.3, -0.25) is 9.69 Å². The Hall–Kier alpha value is -3.12. The number of amides is 2. The third-order valence-electron chi connectivity index (χ3n) is 5.17. The maximum atomic E-state index is 12.6. The number of likely N-dealkylation sites (tertiary alicyclic amines) is 1. The van der Waals surface area contributed by atoms with E-state index in [9.17, 15) is 9.59 Å². The third-order valence-corrected chi connectivity index (χ3v) is 5.17. The number of nitrogens with one attached hydrogen (secondary N) is 1. The number of para-hydroxylation sites is 2. The number of allylic oxidation sites excluding steroid dienone is 2. The van der Waals surface area contributed by atoms with Crippen molar-refractivity contribution in [3.05, 3.63) is 71.3 Å². The molecule has 6 heteroatoms. The molecule has 0 bridgehead atoms. The van der Waals surface area contributed by atoms with E-state index in [1.165, 1.54) is 24.0 Å². The van der Waals surface area contributed by atoms with Gasteiger partial charge in [-0.15, -0.1) is 0 Å². The van der Waals surface area contributed by atoms with Crippen molar-refractivity contribution in [1.29, 1.82) is 0 Å². The highest BCUT2D eigenvalue weighted by molar-refractivity contribution is 6.05. The van der Waals surface area contributed by atoms with Crippen molar-refractivity contribution in [2.75, 3.05) is 18.4 Å². The first kappa shape index (κ1) is 21.6. The fourth-order valence-corrected chi connectivity index (χ4v) is 3.73. The number of carbonyl (C=O) groups is 2. The quantitative estimate of drug-likeness (QED) is 0.687. The van der Waals surface area contributed by atoms with Crippen molar-refractivity contribution in [3.63, 3.8) is 0 Å². The fraction of sp³-hybridized carbons (Fsp3) is 0.333. The summed E-state index contributed by atoms with van der Waals surface area (Å²) in [6.07, 6.45) is 3.85. The van der Waals surface area contributed by atoms with E-state index in [2.05, 4.69) is 30.1 Å². The lowest BCUT2D eigenvalue weighted by atomic mass is 9.94. The smallest absolute Gasteiger partial charge is 0.408 e. The van der Waals surface area contributed by atoms with Gasteiger partial charge in [-0.05, 0) is 75.5 Å². The molecule has 158 valence electrons. The zero-order chi connectivity index (χ0) is 21.5. The molecule has 3 N–H and O–H groups in total. The molecule has 1 heterocycles. The molecule has 0 spiro atoms. The monoisotopic (exact) mass is 407 g/mol.